The molecule has 0 unspecified atom stereocenters. The first kappa shape index (κ1) is 14.4. The number of nitrogens with one attached hydrogen (secondary N) is 1. The van der Waals surface area contributed by atoms with Gasteiger partial charge in [0.05, 0.1) is 24.3 Å². The first-order valence-corrected chi connectivity index (χ1v) is 7.71. The minimum atomic E-state index is 0.649. The fourth-order valence-corrected chi connectivity index (χ4v) is 2.64. The fourth-order valence-electron chi connectivity index (χ4n) is 2.64. The van der Waals surface area contributed by atoms with Crippen LogP contribution in [0.3, 0.4) is 0 Å². The second-order valence-corrected chi connectivity index (χ2v) is 5.61. The lowest BCUT2D eigenvalue weighted by Crippen LogP contribution is -2.02. The van der Waals surface area contributed by atoms with Gasteiger partial charge in [0.15, 0.2) is 5.65 Å². The van der Waals surface area contributed by atoms with Crippen molar-refractivity contribution in [1.82, 2.24) is 29.5 Å². The lowest BCUT2D eigenvalue weighted by Gasteiger charge is -2.04. The molecule has 24 heavy (non-hydrogen) atoms. The van der Waals surface area contributed by atoms with Crippen molar-refractivity contribution in [2.24, 2.45) is 7.05 Å². The van der Waals surface area contributed by atoms with Gasteiger partial charge in [-0.3, -0.25) is 9.36 Å². The molecule has 0 amide bonds. The van der Waals surface area contributed by atoms with Gasteiger partial charge in [-0.15, -0.1) is 0 Å². The van der Waals surface area contributed by atoms with E-state index in [4.69, 9.17) is 0 Å². The van der Waals surface area contributed by atoms with Gasteiger partial charge < -0.3 is 5.32 Å². The van der Waals surface area contributed by atoms with Crippen molar-refractivity contribution < 1.29 is 0 Å². The van der Waals surface area contributed by atoms with Crippen LogP contribution in [0.4, 0.5) is 5.82 Å². The van der Waals surface area contributed by atoms with Gasteiger partial charge in [-0.25, -0.2) is 9.97 Å². The Hall–Kier alpha value is -3.22. The van der Waals surface area contributed by atoms with E-state index >= 15 is 0 Å². The highest BCUT2D eigenvalue weighted by atomic mass is 15.3. The molecule has 0 radical (unpaired) electrons. The van der Waals surface area contributed by atoms with E-state index in [1.54, 1.807) is 17.2 Å². The maximum atomic E-state index is 4.42. The summed E-state index contributed by atoms with van der Waals surface area (Å²) in [6, 6.07) is 10.3. The Morgan fingerprint density at radius 3 is 2.75 bits per heavy atom. The molecule has 0 aliphatic carbocycles. The summed E-state index contributed by atoms with van der Waals surface area (Å²) in [7, 11) is 1.87. The number of hydrogen-bond acceptors (Lipinski definition) is 5. The minimum Gasteiger partial charge on any atom is -0.365 e. The highest BCUT2D eigenvalue weighted by Crippen LogP contribution is 2.18. The van der Waals surface area contributed by atoms with Crippen molar-refractivity contribution in [3.05, 3.63) is 66.4 Å². The molecule has 7 nitrogen and oxygen atoms in total. The van der Waals surface area contributed by atoms with Crippen molar-refractivity contribution in [1.29, 1.82) is 0 Å². The van der Waals surface area contributed by atoms with Crippen molar-refractivity contribution in [2.45, 2.75) is 13.1 Å². The molecule has 3 aromatic heterocycles. The van der Waals surface area contributed by atoms with Crippen LogP contribution in [-0.2, 0) is 20.1 Å². The molecular formula is C17H17N7. The van der Waals surface area contributed by atoms with Crippen LogP contribution >= 0.6 is 0 Å². The van der Waals surface area contributed by atoms with Crippen LogP contribution in [-0.4, -0.2) is 29.5 Å². The second kappa shape index (κ2) is 6.11. The van der Waals surface area contributed by atoms with Gasteiger partial charge in [-0.1, -0.05) is 30.3 Å². The summed E-state index contributed by atoms with van der Waals surface area (Å²) >= 11 is 0. The van der Waals surface area contributed by atoms with E-state index in [0.29, 0.717) is 6.54 Å². The Labute approximate surface area is 139 Å². The van der Waals surface area contributed by atoms with Gasteiger partial charge in [-0.2, -0.15) is 10.2 Å². The lowest BCUT2D eigenvalue weighted by molar-refractivity contribution is 0.686. The number of benzene rings is 1. The molecule has 4 aromatic rings. The Kier molecular flexibility index (Phi) is 3.66. The average molecular weight is 319 g/mol. The van der Waals surface area contributed by atoms with Gasteiger partial charge in [0.25, 0.3) is 0 Å². The van der Waals surface area contributed by atoms with Crippen molar-refractivity contribution in [2.75, 3.05) is 5.32 Å². The SMILES string of the molecule is Cn1ncc2c(NCc3cnn(Cc4ccccc4)c3)ncnc21. The average Bonchev–Trinajstić information content (AvgIpc) is 3.21. The summed E-state index contributed by atoms with van der Waals surface area (Å²) < 4.78 is 3.67. The molecule has 1 N–H and O–H groups in total. The molecule has 1 aromatic carbocycles. The predicted molar refractivity (Wildman–Crippen MR) is 91.4 cm³/mol. The third kappa shape index (κ3) is 2.83. The normalized spacial score (nSPS) is 11.0. The zero-order chi connectivity index (χ0) is 16.4. The van der Waals surface area contributed by atoms with Crippen LogP contribution in [0, 0.1) is 0 Å². The van der Waals surface area contributed by atoms with Gasteiger partial charge in [0, 0.05) is 25.4 Å². The topological polar surface area (TPSA) is 73.5 Å². The van der Waals surface area contributed by atoms with E-state index in [9.17, 15) is 0 Å². The largest absolute Gasteiger partial charge is 0.365 e. The van der Waals surface area contributed by atoms with Crippen LogP contribution in [0.2, 0.25) is 0 Å². The number of aryl methyl sites for hydroxylation is 1. The lowest BCUT2D eigenvalue weighted by atomic mass is 10.2. The van der Waals surface area contributed by atoms with Crippen molar-refractivity contribution in [3.8, 4) is 0 Å². The molecule has 0 aliphatic heterocycles. The Morgan fingerprint density at radius 2 is 1.88 bits per heavy atom. The number of rotatable bonds is 5. The van der Waals surface area contributed by atoms with Gasteiger partial charge in [0.1, 0.15) is 12.1 Å². The number of hydrogen-bond donors (Lipinski definition) is 1. The number of anilines is 1. The standard InChI is InChI=1S/C17H17N7/c1-23-17-15(9-21-23)16(19-12-20-17)18-7-14-8-22-24(11-14)10-13-5-3-2-4-6-13/h2-6,8-9,11-12H,7,10H2,1H3,(H,18,19,20). The molecule has 120 valence electrons. The number of aromatic nitrogens is 6. The van der Waals surface area contributed by atoms with E-state index in [1.165, 1.54) is 5.56 Å². The Bertz CT molecular complexity index is 955. The molecule has 0 aliphatic rings. The van der Waals surface area contributed by atoms with Gasteiger partial charge in [-0.05, 0) is 5.56 Å². The zero-order valence-corrected chi connectivity index (χ0v) is 13.3. The highest BCUT2D eigenvalue weighted by Gasteiger charge is 2.08. The van der Waals surface area contributed by atoms with E-state index in [1.807, 2.05) is 42.3 Å². The monoisotopic (exact) mass is 319 g/mol. The summed E-state index contributed by atoms with van der Waals surface area (Å²) in [6.07, 6.45) is 7.24. The molecule has 7 heteroatoms. The molecule has 0 fully saturated rings. The first-order chi connectivity index (χ1) is 11.8. The maximum Gasteiger partial charge on any atom is 0.163 e. The third-order valence-electron chi connectivity index (χ3n) is 3.86. The van der Waals surface area contributed by atoms with E-state index in [0.717, 1.165) is 29.0 Å². The summed E-state index contributed by atoms with van der Waals surface area (Å²) in [5, 5.41) is 12.9. The molecule has 0 spiro atoms. The zero-order valence-electron chi connectivity index (χ0n) is 13.3. The van der Waals surface area contributed by atoms with Gasteiger partial charge in [0.2, 0.25) is 0 Å². The van der Waals surface area contributed by atoms with Crippen LogP contribution in [0.25, 0.3) is 11.0 Å². The molecule has 0 atom stereocenters. The van der Waals surface area contributed by atoms with Crippen LogP contribution in [0.1, 0.15) is 11.1 Å². The Balaban J connectivity index is 1.46. The van der Waals surface area contributed by atoms with Gasteiger partial charge >= 0.3 is 0 Å². The number of fused-ring (bicyclic) bond motifs is 1. The van der Waals surface area contributed by atoms with Crippen LogP contribution in [0.15, 0.2) is 55.2 Å². The molecule has 3 heterocycles. The summed E-state index contributed by atoms with van der Waals surface area (Å²) in [5.41, 5.74) is 3.14. The first-order valence-electron chi connectivity index (χ1n) is 7.71. The minimum absolute atomic E-state index is 0.649. The van der Waals surface area contributed by atoms with E-state index in [-0.39, 0.29) is 0 Å². The second-order valence-electron chi connectivity index (χ2n) is 5.61. The van der Waals surface area contributed by atoms with Crippen molar-refractivity contribution in [3.63, 3.8) is 0 Å². The quantitative estimate of drug-likeness (QED) is 0.610. The highest BCUT2D eigenvalue weighted by molar-refractivity contribution is 5.85. The summed E-state index contributed by atoms with van der Waals surface area (Å²) in [6.45, 7) is 1.41. The van der Waals surface area contributed by atoms with E-state index in [2.05, 4.69) is 37.6 Å². The third-order valence-corrected chi connectivity index (χ3v) is 3.86. The number of nitrogens with zero attached hydrogens (tertiary/aromatic N) is 6. The smallest absolute Gasteiger partial charge is 0.163 e. The maximum absolute atomic E-state index is 4.42. The molecular weight excluding hydrogens is 302 g/mol. The summed E-state index contributed by atoms with van der Waals surface area (Å²) in [5.74, 6) is 0.781. The summed E-state index contributed by atoms with van der Waals surface area (Å²) in [4.78, 5) is 8.55. The molecule has 4 rings (SSSR count). The molecule has 0 saturated carbocycles. The van der Waals surface area contributed by atoms with Crippen LogP contribution < -0.4 is 5.32 Å². The molecule has 0 saturated heterocycles. The predicted octanol–water partition coefficient (Wildman–Crippen LogP) is 2.22. The van der Waals surface area contributed by atoms with E-state index < -0.39 is 0 Å². The molecule has 0 bridgehead atoms. The Morgan fingerprint density at radius 1 is 1.00 bits per heavy atom. The van der Waals surface area contributed by atoms with Crippen LogP contribution in [0.5, 0.6) is 0 Å². The fraction of sp³-hybridized carbons (Fsp3) is 0.176. The van der Waals surface area contributed by atoms with Crippen molar-refractivity contribution >= 4 is 16.9 Å².